The van der Waals surface area contributed by atoms with Crippen molar-refractivity contribution in [1.82, 2.24) is 15.1 Å². The zero-order valence-electron chi connectivity index (χ0n) is 11.4. The Morgan fingerprint density at radius 2 is 2.21 bits per heavy atom. The van der Waals surface area contributed by atoms with E-state index in [9.17, 15) is 4.79 Å². The van der Waals surface area contributed by atoms with Gasteiger partial charge in [-0.05, 0) is 38.7 Å². The van der Waals surface area contributed by atoms with Crippen LogP contribution >= 0.6 is 0 Å². The van der Waals surface area contributed by atoms with Crippen LogP contribution in [0.5, 0.6) is 0 Å². The van der Waals surface area contributed by atoms with Crippen LogP contribution in [-0.2, 0) is 4.79 Å². The summed E-state index contributed by atoms with van der Waals surface area (Å²) in [5, 5.41) is 7.36. The van der Waals surface area contributed by atoms with Crippen LogP contribution in [0.25, 0.3) is 0 Å². The number of hydrogen-bond donors (Lipinski definition) is 1. The van der Waals surface area contributed by atoms with Gasteiger partial charge in [-0.25, -0.2) is 0 Å². The third-order valence-electron chi connectivity index (χ3n) is 4.23. The summed E-state index contributed by atoms with van der Waals surface area (Å²) in [5.41, 5.74) is 2.21. The minimum atomic E-state index is 0.194. The van der Waals surface area contributed by atoms with Gasteiger partial charge in [0.05, 0.1) is 5.69 Å². The molecule has 0 aromatic carbocycles. The second kappa shape index (κ2) is 5.19. The molecule has 0 bridgehead atoms. The number of carbonyl (C=O) groups excluding carboxylic acids is 1. The third-order valence-corrected chi connectivity index (χ3v) is 4.23. The number of amides is 1. The molecule has 2 aliphatic rings. The van der Waals surface area contributed by atoms with E-state index in [0.717, 1.165) is 50.2 Å². The van der Waals surface area contributed by atoms with Crippen molar-refractivity contribution in [3.8, 4) is 0 Å². The second-order valence-electron chi connectivity index (χ2n) is 5.74. The summed E-state index contributed by atoms with van der Waals surface area (Å²) in [7, 11) is 0. The first-order chi connectivity index (χ1) is 9.24. The van der Waals surface area contributed by atoms with Crippen LogP contribution in [0.15, 0.2) is 18.2 Å². The van der Waals surface area contributed by atoms with Crippen molar-refractivity contribution in [2.24, 2.45) is 5.92 Å². The number of allylic oxidation sites excluding steroid dienone is 2. The van der Waals surface area contributed by atoms with Crippen LogP contribution in [-0.4, -0.2) is 34.1 Å². The number of aromatic amines is 1. The molecule has 1 aliphatic heterocycles. The highest BCUT2D eigenvalue weighted by Crippen LogP contribution is 2.28. The standard InChI is InChI=1S/C15H21N3O/c1-11-9-14(17-16-11)13-7-4-8-18(10-13)15(19)12-5-2-3-6-12/h2-3,9,12-13H,4-8,10H2,1H3,(H,16,17). The normalized spacial score (nSPS) is 24.1. The highest BCUT2D eigenvalue weighted by molar-refractivity contribution is 5.79. The number of rotatable bonds is 2. The predicted molar refractivity (Wildman–Crippen MR) is 73.7 cm³/mol. The third kappa shape index (κ3) is 2.57. The molecule has 102 valence electrons. The van der Waals surface area contributed by atoms with E-state index >= 15 is 0 Å². The molecule has 1 unspecified atom stereocenters. The molecular formula is C15H21N3O. The molecule has 4 heteroatoms. The highest BCUT2D eigenvalue weighted by atomic mass is 16.2. The van der Waals surface area contributed by atoms with Gasteiger partial charge in [0.1, 0.15) is 0 Å². The lowest BCUT2D eigenvalue weighted by Crippen LogP contribution is -2.42. The molecule has 1 aromatic heterocycles. The molecule has 4 nitrogen and oxygen atoms in total. The summed E-state index contributed by atoms with van der Waals surface area (Å²) in [4.78, 5) is 14.5. The molecule has 19 heavy (non-hydrogen) atoms. The van der Waals surface area contributed by atoms with Crippen molar-refractivity contribution >= 4 is 5.91 Å². The maximum atomic E-state index is 12.4. The number of carbonyl (C=O) groups is 1. The fraction of sp³-hybridized carbons (Fsp3) is 0.600. The number of aryl methyl sites for hydroxylation is 1. The topological polar surface area (TPSA) is 49.0 Å². The summed E-state index contributed by atoms with van der Waals surface area (Å²) < 4.78 is 0. The van der Waals surface area contributed by atoms with Gasteiger partial charge in [-0.3, -0.25) is 9.89 Å². The van der Waals surface area contributed by atoms with Crippen LogP contribution in [0.1, 0.15) is 43.0 Å². The van der Waals surface area contributed by atoms with E-state index in [-0.39, 0.29) is 5.92 Å². The molecule has 3 rings (SSSR count). The SMILES string of the molecule is Cc1cc(C2CCCN(C(=O)C3CC=CC3)C2)n[nH]1. The minimum Gasteiger partial charge on any atom is -0.342 e. The number of nitrogens with zero attached hydrogens (tertiary/aromatic N) is 2. The molecule has 2 heterocycles. The molecular weight excluding hydrogens is 238 g/mol. The van der Waals surface area contributed by atoms with E-state index in [4.69, 9.17) is 0 Å². The molecule has 0 radical (unpaired) electrons. The van der Waals surface area contributed by atoms with E-state index < -0.39 is 0 Å². The number of aromatic nitrogens is 2. The van der Waals surface area contributed by atoms with Crippen LogP contribution < -0.4 is 0 Å². The molecule has 1 amide bonds. The Labute approximate surface area is 113 Å². The van der Waals surface area contributed by atoms with Gasteiger partial charge in [-0.2, -0.15) is 5.10 Å². The number of H-pyrrole nitrogens is 1. The Balaban J connectivity index is 1.66. The van der Waals surface area contributed by atoms with Crippen molar-refractivity contribution in [3.05, 3.63) is 29.6 Å². The number of hydrogen-bond acceptors (Lipinski definition) is 2. The van der Waals surface area contributed by atoms with E-state index in [1.807, 2.05) is 6.92 Å². The lowest BCUT2D eigenvalue weighted by atomic mass is 9.93. The Kier molecular flexibility index (Phi) is 3.40. The van der Waals surface area contributed by atoms with Crippen molar-refractivity contribution in [1.29, 1.82) is 0 Å². The zero-order chi connectivity index (χ0) is 13.2. The lowest BCUT2D eigenvalue weighted by Gasteiger charge is -2.33. The predicted octanol–water partition coefficient (Wildman–Crippen LogP) is 2.39. The average Bonchev–Trinajstić information content (AvgIpc) is 3.09. The van der Waals surface area contributed by atoms with Crippen LogP contribution in [0.2, 0.25) is 0 Å². The van der Waals surface area contributed by atoms with E-state index in [1.165, 1.54) is 0 Å². The fourth-order valence-electron chi connectivity index (χ4n) is 3.14. The Morgan fingerprint density at radius 3 is 2.89 bits per heavy atom. The van der Waals surface area contributed by atoms with Gasteiger partial charge in [-0.15, -0.1) is 0 Å². The van der Waals surface area contributed by atoms with Gasteiger partial charge in [0, 0.05) is 30.6 Å². The first kappa shape index (κ1) is 12.5. The molecule has 1 saturated heterocycles. The smallest absolute Gasteiger partial charge is 0.226 e. The summed E-state index contributed by atoms with van der Waals surface area (Å²) in [5.74, 6) is 0.929. The van der Waals surface area contributed by atoms with Crippen molar-refractivity contribution < 1.29 is 4.79 Å². The lowest BCUT2D eigenvalue weighted by molar-refractivity contribution is -0.136. The van der Waals surface area contributed by atoms with Gasteiger partial charge in [0.25, 0.3) is 0 Å². The first-order valence-corrected chi connectivity index (χ1v) is 7.19. The highest BCUT2D eigenvalue weighted by Gasteiger charge is 2.30. The molecule has 0 spiro atoms. The molecule has 1 atom stereocenters. The fourth-order valence-corrected chi connectivity index (χ4v) is 3.14. The van der Waals surface area contributed by atoms with Gasteiger partial charge in [0.15, 0.2) is 0 Å². The Morgan fingerprint density at radius 1 is 1.42 bits per heavy atom. The number of piperidine rings is 1. The second-order valence-corrected chi connectivity index (χ2v) is 5.74. The van der Waals surface area contributed by atoms with E-state index in [0.29, 0.717) is 11.8 Å². The van der Waals surface area contributed by atoms with Crippen molar-refractivity contribution in [2.75, 3.05) is 13.1 Å². The van der Waals surface area contributed by atoms with Crippen LogP contribution in [0.3, 0.4) is 0 Å². The molecule has 1 N–H and O–H groups in total. The zero-order valence-corrected chi connectivity index (χ0v) is 11.4. The van der Waals surface area contributed by atoms with Gasteiger partial charge < -0.3 is 4.90 Å². The van der Waals surface area contributed by atoms with Crippen LogP contribution in [0, 0.1) is 12.8 Å². The van der Waals surface area contributed by atoms with Gasteiger partial charge >= 0.3 is 0 Å². The summed E-state index contributed by atoms with van der Waals surface area (Å²) in [6.07, 6.45) is 8.31. The summed E-state index contributed by atoms with van der Waals surface area (Å²) in [6.45, 7) is 3.77. The maximum Gasteiger partial charge on any atom is 0.226 e. The van der Waals surface area contributed by atoms with Gasteiger partial charge in [0.2, 0.25) is 5.91 Å². The maximum absolute atomic E-state index is 12.4. The van der Waals surface area contributed by atoms with E-state index in [2.05, 4.69) is 33.3 Å². The van der Waals surface area contributed by atoms with Crippen molar-refractivity contribution in [2.45, 2.75) is 38.5 Å². The summed E-state index contributed by atoms with van der Waals surface area (Å²) in [6, 6.07) is 2.11. The molecule has 1 aliphatic carbocycles. The minimum absolute atomic E-state index is 0.194. The van der Waals surface area contributed by atoms with Crippen molar-refractivity contribution in [3.63, 3.8) is 0 Å². The van der Waals surface area contributed by atoms with E-state index in [1.54, 1.807) is 0 Å². The first-order valence-electron chi connectivity index (χ1n) is 7.19. The number of likely N-dealkylation sites (tertiary alicyclic amines) is 1. The quantitative estimate of drug-likeness (QED) is 0.829. The van der Waals surface area contributed by atoms with Gasteiger partial charge in [-0.1, -0.05) is 12.2 Å². The Bertz CT molecular complexity index is 483. The Hall–Kier alpha value is -1.58. The largest absolute Gasteiger partial charge is 0.342 e. The average molecular weight is 259 g/mol. The van der Waals surface area contributed by atoms with Crippen LogP contribution in [0.4, 0.5) is 0 Å². The molecule has 1 aromatic rings. The molecule has 1 fully saturated rings. The monoisotopic (exact) mass is 259 g/mol. The molecule has 0 saturated carbocycles. The summed E-state index contributed by atoms with van der Waals surface area (Å²) >= 11 is 0. The number of nitrogens with one attached hydrogen (secondary N) is 1.